The second kappa shape index (κ2) is 3.23. The fourth-order valence-corrected chi connectivity index (χ4v) is 1.56. The Bertz CT molecular complexity index is 375. The SMILES string of the molecule is CN=S(C)(=O)c1ccc(C)nc1. The summed E-state index contributed by atoms with van der Waals surface area (Å²) in [6.07, 6.45) is 3.23. The molecule has 0 N–H and O–H groups in total. The van der Waals surface area contributed by atoms with Gasteiger partial charge >= 0.3 is 0 Å². The number of aromatic nitrogens is 1. The lowest BCUT2D eigenvalue weighted by Crippen LogP contribution is -1.97. The summed E-state index contributed by atoms with van der Waals surface area (Å²) in [5.41, 5.74) is 0.921. The van der Waals surface area contributed by atoms with Gasteiger partial charge in [-0.05, 0) is 19.1 Å². The van der Waals surface area contributed by atoms with Crippen molar-refractivity contribution in [1.29, 1.82) is 0 Å². The molecule has 0 spiro atoms. The lowest BCUT2D eigenvalue weighted by Gasteiger charge is -2.01. The van der Waals surface area contributed by atoms with Crippen LogP contribution in [0.5, 0.6) is 0 Å². The maximum absolute atomic E-state index is 11.7. The van der Waals surface area contributed by atoms with E-state index in [1.54, 1.807) is 25.6 Å². The maximum atomic E-state index is 11.7. The van der Waals surface area contributed by atoms with E-state index >= 15 is 0 Å². The van der Waals surface area contributed by atoms with Gasteiger partial charge in [-0.15, -0.1) is 0 Å². The van der Waals surface area contributed by atoms with E-state index in [1.807, 2.05) is 13.0 Å². The van der Waals surface area contributed by atoms with E-state index in [0.717, 1.165) is 5.69 Å². The van der Waals surface area contributed by atoms with Gasteiger partial charge in [0.05, 0.1) is 14.6 Å². The van der Waals surface area contributed by atoms with Crippen LogP contribution >= 0.6 is 0 Å². The number of hydrogen-bond donors (Lipinski definition) is 0. The van der Waals surface area contributed by atoms with E-state index in [9.17, 15) is 4.21 Å². The molecule has 0 aromatic carbocycles. The molecule has 1 aromatic rings. The third-order valence-electron chi connectivity index (χ3n) is 1.67. The molecule has 66 valence electrons. The number of aryl methyl sites for hydroxylation is 1. The molecule has 1 atom stereocenters. The van der Waals surface area contributed by atoms with Gasteiger partial charge < -0.3 is 0 Å². The molecule has 1 rings (SSSR count). The number of hydrogen-bond acceptors (Lipinski definition) is 3. The highest BCUT2D eigenvalue weighted by Gasteiger charge is 2.03. The predicted molar refractivity (Wildman–Crippen MR) is 49.7 cm³/mol. The van der Waals surface area contributed by atoms with Crippen LogP contribution in [0.2, 0.25) is 0 Å². The third kappa shape index (κ3) is 1.82. The largest absolute Gasteiger partial charge is 0.260 e. The van der Waals surface area contributed by atoms with Crippen LogP contribution in [0, 0.1) is 6.92 Å². The number of rotatable bonds is 1. The Balaban J connectivity index is 3.24. The summed E-state index contributed by atoms with van der Waals surface area (Å²) in [5, 5.41) is 0. The maximum Gasteiger partial charge on any atom is 0.0735 e. The molecule has 0 amide bonds. The van der Waals surface area contributed by atoms with Crippen LogP contribution in [0.1, 0.15) is 5.69 Å². The van der Waals surface area contributed by atoms with Gasteiger partial charge in [-0.2, -0.15) is 0 Å². The predicted octanol–water partition coefficient (Wildman–Crippen LogP) is 1.48. The zero-order valence-corrected chi connectivity index (χ0v) is 8.26. The Kier molecular flexibility index (Phi) is 2.47. The highest BCUT2D eigenvalue weighted by atomic mass is 32.2. The lowest BCUT2D eigenvalue weighted by atomic mass is 10.4. The molecule has 0 fully saturated rings. The van der Waals surface area contributed by atoms with Crippen molar-refractivity contribution in [2.45, 2.75) is 11.8 Å². The van der Waals surface area contributed by atoms with Crippen molar-refractivity contribution in [2.24, 2.45) is 4.36 Å². The first-order valence-corrected chi connectivity index (χ1v) is 5.51. The first-order chi connectivity index (χ1) is 5.56. The summed E-state index contributed by atoms with van der Waals surface area (Å²) in [5.74, 6) is 0. The van der Waals surface area contributed by atoms with E-state index < -0.39 is 9.73 Å². The van der Waals surface area contributed by atoms with Crippen molar-refractivity contribution in [2.75, 3.05) is 13.3 Å². The third-order valence-corrected chi connectivity index (χ3v) is 3.48. The summed E-state index contributed by atoms with van der Waals surface area (Å²) in [4.78, 5) is 4.74. The van der Waals surface area contributed by atoms with Gasteiger partial charge in [0.25, 0.3) is 0 Å². The minimum atomic E-state index is -2.20. The van der Waals surface area contributed by atoms with E-state index in [1.165, 1.54) is 0 Å². The quantitative estimate of drug-likeness (QED) is 0.663. The minimum Gasteiger partial charge on any atom is -0.260 e. The minimum absolute atomic E-state index is 0.690. The monoisotopic (exact) mass is 184 g/mol. The molecule has 0 radical (unpaired) electrons. The molecule has 1 aromatic heterocycles. The van der Waals surface area contributed by atoms with E-state index in [4.69, 9.17) is 0 Å². The summed E-state index contributed by atoms with van der Waals surface area (Å²) in [7, 11) is -0.645. The van der Waals surface area contributed by atoms with Crippen molar-refractivity contribution in [3.63, 3.8) is 0 Å². The van der Waals surface area contributed by atoms with Gasteiger partial charge in [0.1, 0.15) is 0 Å². The van der Waals surface area contributed by atoms with Crippen LogP contribution in [0.15, 0.2) is 27.6 Å². The van der Waals surface area contributed by atoms with E-state index in [0.29, 0.717) is 4.90 Å². The Morgan fingerprint density at radius 1 is 1.50 bits per heavy atom. The van der Waals surface area contributed by atoms with Crippen LogP contribution < -0.4 is 0 Å². The van der Waals surface area contributed by atoms with Gasteiger partial charge in [-0.1, -0.05) is 0 Å². The highest BCUT2D eigenvalue weighted by Crippen LogP contribution is 2.09. The molecular formula is C8H12N2OS. The smallest absolute Gasteiger partial charge is 0.0735 e. The molecule has 12 heavy (non-hydrogen) atoms. The average Bonchev–Trinajstić information content (AvgIpc) is 2.05. The van der Waals surface area contributed by atoms with Crippen LogP contribution in [0.3, 0.4) is 0 Å². The zero-order chi connectivity index (χ0) is 9.19. The molecule has 0 aliphatic carbocycles. The molecule has 0 aliphatic heterocycles. The fraction of sp³-hybridized carbons (Fsp3) is 0.375. The molecule has 0 saturated carbocycles. The van der Waals surface area contributed by atoms with Gasteiger partial charge in [0, 0.05) is 25.2 Å². The number of nitrogens with zero attached hydrogens (tertiary/aromatic N) is 2. The van der Waals surface area contributed by atoms with Gasteiger partial charge in [0.15, 0.2) is 0 Å². The summed E-state index contributed by atoms with van der Waals surface area (Å²) >= 11 is 0. The topological polar surface area (TPSA) is 42.3 Å². The van der Waals surface area contributed by atoms with E-state index in [-0.39, 0.29) is 0 Å². The molecule has 1 unspecified atom stereocenters. The Hall–Kier alpha value is -0.900. The number of pyridine rings is 1. The van der Waals surface area contributed by atoms with Crippen molar-refractivity contribution >= 4 is 9.73 Å². The van der Waals surface area contributed by atoms with Crippen LogP contribution in [-0.4, -0.2) is 22.5 Å². The lowest BCUT2D eigenvalue weighted by molar-refractivity contribution is 0.679. The standard InChI is InChI=1S/C8H12N2OS/c1-7-4-5-8(6-10-7)12(3,11)9-2/h4-6H,1-3H3. The van der Waals surface area contributed by atoms with Gasteiger partial charge in [0.2, 0.25) is 0 Å². The van der Waals surface area contributed by atoms with Crippen LogP contribution in [-0.2, 0) is 9.73 Å². The van der Waals surface area contributed by atoms with Crippen LogP contribution in [0.4, 0.5) is 0 Å². The zero-order valence-electron chi connectivity index (χ0n) is 7.44. The Morgan fingerprint density at radius 3 is 2.58 bits per heavy atom. The molecule has 3 nitrogen and oxygen atoms in total. The van der Waals surface area contributed by atoms with Gasteiger partial charge in [-0.25, -0.2) is 8.57 Å². The summed E-state index contributed by atoms with van der Waals surface area (Å²) in [6, 6.07) is 3.64. The summed E-state index contributed by atoms with van der Waals surface area (Å²) in [6.45, 7) is 1.89. The second-order valence-corrected chi connectivity index (χ2v) is 5.06. The fourth-order valence-electron chi connectivity index (χ4n) is 0.784. The first kappa shape index (κ1) is 9.19. The summed E-state index contributed by atoms with van der Waals surface area (Å²) < 4.78 is 15.5. The molecular weight excluding hydrogens is 172 g/mol. The van der Waals surface area contributed by atoms with Crippen molar-refractivity contribution < 1.29 is 4.21 Å². The van der Waals surface area contributed by atoms with Crippen molar-refractivity contribution in [3.8, 4) is 0 Å². The van der Waals surface area contributed by atoms with Crippen molar-refractivity contribution in [3.05, 3.63) is 24.0 Å². The molecule has 1 heterocycles. The normalized spacial score (nSPS) is 15.2. The van der Waals surface area contributed by atoms with Gasteiger partial charge in [-0.3, -0.25) is 4.98 Å². The second-order valence-electron chi connectivity index (χ2n) is 2.62. The Morgan fingerprint density at radius 2 is 2.17 bits per heavy atom. The highest BCUT2D eigenvalue weighted by molar-refractivity contribution is 7.93. The first-order valence-electron chi connectivity index (χ1n) is 3.59. The Labute approximate surface area is 73.0 Å². The van der Waals surface area contributed by atoms with Crippen molar-refractivity contribution in [1.82, 2.24) is 4.98 Å². The van der Waals surface area contributed by atoms with E-state index in [2.05, 4.69) is 9.35 Å². The molecule has 0 saturated heterocycles. The molecule has 0 bridgehead atoms. The van der Waals surface area contributed by atoms with Crippen LogP contribution in [0.25, 0.3) is 0 Å². The molecule has 4 heteroatoms. The molecule has 0 aliphatic rings. The average molecular weight is 184 g/mol.